The van der Waals surface area contributed by atoms with Gasteiger partial charge in [-0.3, -0.25) is 4.79 Å². The van der Waals surface area contributed by atoms with Crippen molar-refractivity contribution in [3.63, 3.8) is 0 Å². The van der Waals surface area contributed by atoms with Crippen molar-refractivity contribution in [2.75, 3.05) is 19.4 Å². The highest BCUT2D eigenvalue weighted by Gasteiger charge is 2.17. The van der Waals surface area contributed by atoms with Crippen LogP contribution in [0.5, 0.6) is 5.75 Å². The summed E-state index contributed by atoms with van der Waals surface area (Å²) in [4.78, 5) is 16.8. The van der Waals surface area contributed by atoms with Crippen LogP contribution in [0, 0.1) is 6.92 Å². The van der Waals surface area contributed by atoms with Gasteiger partial charge in [0.2, 0.25) is 5.91 Å². The maximum atomic E-state index is 12.4. The predicted octanol–water partition coefficient (Wildman–Crippen LogP) is 2.08. The fourth-order valence-corrected chi connectivity index (χ4v) is 3.61. The summed E-state index contributed by atoms with van der Waals surface area (Å²) in [6.07, 6.45) is 1.15. The third kappa shape index (κ3) is 5.10. The average Bonchev–Trinajstić information content (AvgIpc) is 2.95. The topological polar surface area (TPSA) is 90.3 Å². The zero-order chi connectivity index (χ0) is 20.1. The lowest BCUT2D eigenvalue weighted by atomic mass is 10.2. The number of aromatic nitrogens is 2. The Morgan fingerprint density at radius 2 is 1.86 bits per heavy atom. The molecule has 28 heavy (non-hydrogen) atoms. The van der Waals surface area contributed by atoms with Gasteiger partial charge in [0.25, 0.3) is 0 Å². The number of amides is 1. The third-order valence-corrected chi connectivity index (χ3v) is 4.98. The van der Waals surface area contributed by atoms with E-state index in [4.69, 9.17) is 4.74 Å². The highest BCUT2D eigenvalue weighted by Crippen LogP contribution is 2.18. The maximum Gasteiger partial charge on any atom is 0.240 e. The van der Waals surface area contributed by atoms with Gasteiger partial charge in [-0.1, -0.05) is 30.3 Å². The van der Waals surface area contributed by atoms with E-state index in [0.29, 0.717) is 24.5 Å². The zero-order valence-corrected chi connectivity index (χ0v) is 16.7. The Bertz CT molecular complexity index is 1090. The second-order valence-electron chi connectivity index (χ2n) is 6.64. The molecule has 0 fully saturated rings. The van der Waals surface area contributed by atoms with Crippen LogP contribution in [0.25, 0.3) is 11.0 Å². The molecular weight excluding hydrogens is 378 g/mol. The van der Waals surface area contributed by atoms with Gasteiger partial charge in [-0.05, 0) is 30.7 Å². The van der Waals surface area contributed by atoms with Crippen molar-refractivity contribution in [2.45, 2.75) is 19.2 Å². The Balaban J connectivity index is 1.64. The molecule has 0 atom stereocenters. The highest BCUT2D eigenvalue weighted by molar-refractivity contribution is 7.89. The number of benzene rings is 2. The maximum absolute atomic E-state index is 12.4. The number of imidazole rings is 1. The lowest BCUT2D eigenvalue weighted by Gasteiger charge is -2.11. The van der Waals surface area contributed by atoms with Crippen molar-refractivity contribution < 1.29 is 17.9 Å². The molecule has 148 valence electrons. The van der Waals surface area contributed by atoms with Crippen LogP contribution in [-0.2, 0) is 26.9 Å². The Hall–Kier alpha value is -2.87. The van der Waals surface area contributed by atoms with Gasteiger partial charge in [0.15, 0.2) is 9.84 Å². The summed E-state index contributed by atoms with van der Waals surface area (Å²) in [5.41, 5.74) is 2.42. The molecule has 0 unspecified atom stereocenters. The van der Waals surface area contributed by atoms with Crippen molar-refractivity contribution in [3.8, 4) is 5.75 Å². The quantitative estimate of drug-likeness (QED) is 0.584. The molecule has 1 aromatic heterocycles. The first-order chi connectivity index (χ1) is 13.3. The molecule has 2 aromatic carbocycles. The summed E-state index contributed by atoms with van der Waals surface area (Å²) in [6.45, 7) is 2.65. The smallest absolute Gasteiger partial charge is 0.240 e. The summed E-state index contributed by atoms with van der Waals surface area (Å²) in [6, 6.07) is 15.0. The number of ether oxygens (including phenoxy) is 1. The number of sulfone groups is 1. The first-order valence-electron chi connectivity index (χ1n) is 8.90. The second kappa shape index (κ2) is 8.43. The first-order valence-corrected chi connectivity index (χ1v) is 11.0. The number of rotatable bonds is 8. The largest absolute Gasteiger partial charge is 0.491 e. The van der Waals surface area contributed by atoms with E-state index in [1.165, 1.54) is 0 Å². The summed E-state index contributed by atoms with van der Waals surface area (Å²) in [5, 5.41) is 2.80. The molecule has 0 spiro atoms. The Labute approximate surface area is 164 Å². The van der Waals surface area contributed by atoms with Crippen molar-refractivity contribution in [3.05, 3.63) is 59.9 Å². The monoisotopic (exact) mass is 401 g/mol. The van der Waals surface area contributed by atoms with Gasteiger partial charge in [-0.25, -0.2) is 13.4 Å². The second-order valence-corrected chi connectivity index (χ2v) is 8.78. The molecule has 0 aliphatic rings. The molecule has 8 heteroatoms. The summed E-state index contributed by atoms with van der Waals surface area (Å²) in [5.74, 6) is 0.694. The van der Waals surface area contributed by atoms with Gasteiger partial charge in [-0.15, -0.1) is 0 Å². The molecule has 0 saturated carbocycles. The number of nitrogens with one attached hydrogen (secondary N) is 1. The summed E-state index contributed by atoms with van der Waals surface area (Å²) >= 11 is 0. The summed E-state index contributed by atoms with van der Waals surface area (Å²) in [7, 11) is -3.27. The van der Waals surface area contributed by atoms with Gasteiger partial charge in [0.1, 0.15) is 30.5 Å². The van der Waals surface area contributed by atoms with Crippen LogP contribution in [0.15, 0.2) is 48.5 Å². The van der Waals surface area contributed by atoms with Gasteiger partial charge < -0.3 is 14.6 Å². The first kappa shape index (κ1) is 19.9. The molecular formula is C20H23N3O4S. The normalized spacial score (nSPS) is 11.5. The lowest BCUT2D eigenvalue weighted by Crippen LogP contribution is -2.31. The van der Waals surface area contributed by atoms with E-state index in [1.54, 1.807) is 10.6 Å². The van der Waals surface area contributed by atoms with Crippen molar-refractivity contribution >= 4 is 26.8 Å². The van der Waals surface area contributed by atoms with E-state index in [2.05, 4.69) is 10.3 Å². The molecule has 7 nitrogen and oxygen atoms in total. The number of nitrogens with zero attached hydrogens (tertiary/aromatic N) is 2. The van der Waals surface area contributed by atoms with Gasteiger partial charge in [0.05, 0.1) is 17.6 Å². The fourth-order valence-electron chi connectivity index (χ4n) is 2.92. The zero-order valence-electron chi connectivity index (χ0n) is 15.9. The summed E-state index contributed by atoms with van der Waals surface area (Å²) < 4.78 is 30.8. The number of hydrogen-bond acceptors (Lipinski definition) is 5. The molecule has 3 aromatic rings. The Morgan fingerprint density at radius 3 is 2.61 bits per heavy atom. The van der Waals surface area contributed by atoms with Crippen molar-refractivity contribution in [1.82, 2.24) is 14.9 Å². The van der Waals surface area contributed by atoms with Crippen LogP contribution in [0.3, 0.4) is 0 Å². The van der Waals surface area contributed by atoms with E-state index in [-0.39, 0.29) is 18.2 Å². The lowest BCUT2D eigenvalue weighted by molar-refractivity contribution is -0.121. The molecule has 3 rings (SSSR count). The van der Waals surface area contributed by atoms with Crippen LogP contribution in [0.2, 0.25) is 0 Å². The molecule has 0 aliphatic heterocycles. The van der Waals surface area contributed by atoms with E-state index in [0.717, 1.165) is 23.1 Å². The Morgan fingerprint density at radius 1 is 1.14 bits per heavy atom. The van der Waals surface area contributed by atoms with E-state index in [1.807, 2.05) is 49.4 Å². The molecule has 1 amide bonds. The van der Waals surface area contributed by atoms with Gasteiger partial charge in [-0.2, -0.15) is 0 Å². The van der Waals surface area contributed by atoms with Crippen LogP contribution >= 0.6 is 0 Å². The average molecular weight is 401 g/mol. The van der Waals surface area contributed by atoms with Crippen molar-refractivity contribution in [2.24, 2.45) is 0 Å². The number of carbonyl (C=O) groups excluding carboxylic acids is 1. The van der Waals surface area contributed by atoms with Crippen molar-refractivity contribution in [1.29, 1.82) is 0 Å². The highest BCUT2D eigenvalue weighted by atomic mass is 32.2. The predicted molar refractivity (Wildman–Crippen MR) is 108 cm³/mol. The number of aryl methyl sites for hydroxylation is 1. The molecule has 1 heterocycles. The van der Waals surface area contributed by atoms with E-state index >= 15 is 0 Å². The SMILES string of the molecule is Cc1ccccc1OCCNC(=O)Cn1c(CS(C)(=O)=O)nc2ccccc21. The molecule has 0 aliphatic carbocycles. The van der Waals surface area contributed by atoms with Gasteiger partial charge in [0, 0.05) is 6.26 Å². The van der Waals surface area contributed by atoms with Crippen LogP contribution in [0.4, 0.5) is 0 Å². The van der Waals surface area contributed by atoms with E-state index < -0.39 is 9.84 Å². The molecule has 0 saturated heterocycles. The van der Waals surface area contributed by atoms with Crippen LogP contribution < -0.4 is 10.1 Å². The minimum Gasteiger partial charge on any atom is -0.491 e. The molecule has 0 radical (unpaired) electrons. The molecule has 1 N–H and O–H groups in total. The standard InChI is InChI=1S/C20H23N3O4S/c1-15-7-3-6-10-18(15)27-12-11-21-20(24)13-23-17-9-5-4-8-16(17)22-19(23)14-28(2,25)26/h3-10H,11-14H2,1-2H3,(H,21,24). The van der Waals surface area contributed by atoms with Gasteiger partial charge >= 0.3 is 0 Å². The Kier molecular flexibility index (Phi) is 5.99. The van der Waals surface area contributed by atoms with Crippen LogP contribution in [-0.4, -0.2) is 43.3 Å². The number of hydrogen-bond donors (Lipinski definition) is 1. The number of carbonyl (C=O) groups is 1. The van der Waals surface area contributed by atoms with Crippen LogP contribution in [0.1, 0.15) is 11.4 Å². The number of fused-ring (bicyclic) bond motifs is 1. The number of para-hydroxylation sites is 3. The molecule has 0 bridgehead atoms. The minimum absolute atomic E-state index is 0.00423. The fraction of sp³-hybridized carbons (Fsp3) is 0.300. The minimum atomic E-state index is -3.27. The van der Waals surface area contributed by atoms with E-state index in [9.17, 15) is 13.2 Å². The third-order valence-electron chi connectivity index (χ3n) is 4.20.